The van der Waals surface area contributed by atoms with Gasteiger partial charge in [0.1, 0.15) is 0 Å². The van der Waals surface area contributed by atoms with E-state index in [-0.39, 0.29) is 79.5 Å². The fraction of sp³-hybridized carbons (Fsp3) is 0. The first kappa shape index (κ1) is 32.1. The Morgan fingerprint density at radius 1 is 1.25 bits per heavy atom. The molecule has 0 aliphatic heterocycles. The zero-order valence-electron chi connectivity index (χ0n) is 4.09. The predicted octanol–water partition coefficient (Wildman–Crippen LogP) is -0.163. The van der Waals surface area contributed by atoms with E-state index in [0.29, 0.717) is 0 Å². The summed E-state index contributed by atoms with van der Waals surface area (Å²) in [5, 5.41) is 0. The second-order valence-corrected chi connectivity index (χ2v) is 0. The van der Waals surface area contributed by atoms with Gasteiger partial charge in [0.15, 0.2) is 0 Å². The molecule has 0 unspecified atom stereocenters. The van der Waals surface area contributed by atoms with E-state index in [1.807, 2.05) is 0 Å². The molecule has 0 aliphatic rings. The molecule has 0 rings (SSSR count). The SMILES string of the molecule is [Cu].[H-].[H-].[Mg+2].[Mn].[Zn]. The fourth-order valence-electron chi connectivity index (χ4n) is 0. The molecule has 4 heteroatoms. The van der Waals surface area contributed by atoms with Crippen molar-refractivity contribution in [2.24, 2.45) is 0 Å². The number of hydrogen-bond donors (Lipinski definition) is 0. The van der Waals surface area contributed by atoms with Crippen LogP contribution in [0.1, 0.15) is 2.85 Å². The Bertz CT molecular complexity index is 13.5. The van der Waals surface area contributed by atoms with Crippen LogP contribution in [0.2, 0.25) is 0 Å². The first-order chi connectivity index (χ1) is 0. The molecule has 4 heavy (non-hydrogen) atoms. The smallest absolute Gasteiger partial charge is 1.00 e. The maximum Gasteiger partial charge on any atom is 2.00 e. The van der Waals surface area contributed by atoms with Gasteiger partial charge in [-0.1, -0.05) is 0 Å². The fourth-order valence-corrected chi connectivity index (χ4v) is 0. The summed E-state index contributed by atoms with van der Waals surface area (Å²) in [6, 6.07) is 0. The van der Waals surface area contributed by atoms with Gasteiger partial charge in [-0.25, -0.2) is 0 Å². The average Bonchev–Trinajstić information content (AvgIpc) is 0. The summed E-state index contributed by atoms with van der Waals surface area (Å²) in [5.74, 6) is 0. The predicted molar refractivity (Wildman–Crippen MR) is 7.98 cm³/mol. The van der Waals surface area contributed by atoms with Crippen LogP contribution in [0.4, 0.5) is 0 Å². The van der Waals surface area contributed by atoms with Gasteiger partial charge in [0, 0.05) is 53.6 Å². The first-order valence-corrected chi connectivity index (χ1v) is 0. The molecular weight excluding hydrogens is 208 g/mol. The van der Waals surface area contributed by atoms with Crippen molar-refractivity contribution in [1.29, 1.82) is 0 Å². The van der Waals surface area contributed by atoms with Crippen LogP contribution in [0, 0.1) is 0 Å². The molecule has 0 spiro atoms. The molecule has 0 atom stereocenters. The molecule has 0 heterocycles. The van der Waals surface area contributed by atoms with Crippen molar-refractivity contribution in [3.63, 3.8) is 0 Å². The van der Waals surface area contributed by atoms with Crippen molar-refractivity contribution >= 4 is 23.1 Å². The van der Waals surface area contributed by atoms with Gasteiger partial charge in [-0.2, -0.15) is 0 Å². The van der Waals surface area contributed by atoms with Crippen LogP contribution in [-0.2, 0) is 53.6 Å². The number of rotatable bonds is 0. The van der Waals surface area contributed by atoms with E-state index in [0.717, 1.165) is 0 Å². The largest absolute Gasteiger partial charge is 2.00 e. The second kappa shape index (κ2) is 18.1. The van der Waals surface area contributed by atoms with Crippen molar-refractivity contribution in [1.82, 2.24) is 0 Å². The van der Waals surface area contributed by atoms with E-state index in [2.05, 4.69) is 0 Å². The molecule has 0 amide bonds. The molecule has 0 nitrogen and oxygen atoms in total. The van der Waals surface area contributed by atoms with Gasteiger partial charge in [0.2, 0.25) is 0 Å². The summed E-state index contributed by atoms with van der Waals surface area (Å²) in [6.45, 7) is 0. The van der Waals surface area contributed by atoms with Crippen molar-refractivity contribution < 1.29 is 56.5 Å². The van der Waals surface area contributed by atoms with E-state index >= 15 is 0 Å². The van der Waals surface area contributed by atoms with Crippen LogP contribution < -0.4 is 0 Å². The van der Waals surface area contributed by atoms with Crippen molar-refractivity contribution in [2.45, 2.75) is 0 Å². The number of hydrogen-bond acceptors (Lipinski definition) is 0. The van der Waals surface area contributed by atoms with Crippen LogP contribution in [0.15, 0.2) is 0 Å². The molecule has 0 aromatic carbocycles. The Morgan fingerprint density at radius 3 is 1.25 bits per heavy atom. The molecule has 0 bridgehead atoms. The van der Waals surface area contributed by atoms with Gasteiger partial charge in [0.25, 0.3) is 0 Å². The van der Waals surface area contributed by atoms with Crippen LogP contribution in [0.5, 0.6) is 0 Å². The third kappa shape index (κ3) is 8.83. The van der Waals surface area contributed by atoms with Crippen molar-refractivity contribution in [2.75, 3.05) is 0 Å². The maximum absolute atomic E-state index is 0. The monoisotopic (exact) mass is 208 g/mol. The van der Waals surface area contributed by atoms with Gasteiger partial charge in [-0.15, -0.1) is 0 Å². The van der Waals surface area contributed by atoms with Crippen LogP contribution in [0.25, 0.3) is 0 Å². The zero-order chi connectivity index (χ0) is 0. The van der Waals surface area contributed by atoms with Gasteiger partial charge in [0.05, 0.1) is 0 Å². The summed E-state index contributed by atoms with van der Waals surface area (Å²) in [7, 11) is 0. The summed E-state index contributed by atoms with van der Waals surface area (Å²) in [5.41, 5.74) is 0. The molecule has 0 aromatic rings. The summed E-state index contributed by atoms with van der Waals surface area (Å²) >= 11 is 0. The molecule has 0 aromatic heterocycles. The Kier molecular flexibility index (Phi) is 145. The third-order valence-corrected chi connectivity index (χ3v) is 0. The molecule has 0 saturated carbocycles. The summed E-state index contributed by atoms with van der Waals surface area (Å²) < 4.78 is 0. The van der Waals surface area contributed by atoms with E-state index in [1.165, 1.54) is 0 Å². The van der Waals surface area contributed by atoms with Crippen LogP contribution in [0.3, 0.4) is 0 Å². The van der Waals surface area contributed by atoms with Crippen LogP contribution in [-0.4, -0.2) is 23.1 Å². The van der Waals surface area contributed by atoms with Crippen molar-refractivity contribution in [3.8, 4) is 0 Å². The van der Waals surface area contributed by atoms with Gasteiger partial charge < -0.3 is 2.85 Å². The summed E-state index contributed by atoms with van der Waals surface area (Å²) in [6.07, 6.45) is 0. The molecule has 0 N–H and O–H groups in total. The molecular formula is H2CuMgMnZn. The molecule has 24 valence electrons. The first-order valence-electron chi connectivity index (χ1n) is 0. The molecule has 0 aliphatic carbocycles. The summed E-state index contributed by atoms with van der Waals surface area (Å²) in [4.78, 5) is 0. The third-order valence-electron chi connectivity index (χ3n) is 0. The average molecular weight is 210 g/mol. The Balaban J connectivity index is 0. The molecule has 2 radical (unpaired) electrons. The van der Waals surface area contributed by atoms with Gasteiger partial charge in [-0.3, -0.25) is 0 Å². The molecule has 0 saturated heterocycles. The minimum absolute atomic E-state index is 0. The Labute approximate surface area is 78.7 Å². The van der Waals surface area contributed by atoms with E-state index in [4.69, 9.17) is 0 Å². The van der Waals surface area contributed by atoms with Gasteiger partial charge in [-0.05, 0) is 0 Å². The Morgan fingerprint density at radius 2 is 1.25 bits per heavy atom. The Hall–Kier alpha value is 2.43. The normalized spacial score (nSPS) is 0. The van der Waals surface area contributed by atoms with E-state index < -0.39 is 0 Å². The quantitative estimate of drug-likeness (QED) is 0.487. The molecule has 0 fully saturated rings. The van der Waals surface area contributed by atoms with Crippen LogP contribution >= 0.6 is 0 Å². The standard InChI is InChI=1S/Cu.Mg.Mn.Zn.2H/q;+2;;;2*-1. The minimum atomic E-state index is 0. The minimum Gasteiger partial charge on any atom is -1.00 e. The maximum atomic E-state index is 0. The van der Waals surface area contributed by atoms with E-state index in [1.54, 1.807) is 0 Å². The zero-order valence-corrected chi connectivity index (χ0v) is 8.60. The topological polar surface area (TPSA) is 0 Å². The second-order valence-electron chi connectivity index (χ2n) is 0. The van der Waals surface area contributed by atoms with E-state index in [9.17, 15) is 0 Å². The van der Waals surface area contributed by atoms with Crippen molar-refractivity contribution in [3.05, 3.63) is 0 Å². The van der Waals surface area contributed by atoms with Gasteiger partial charge >= 0.3 is 23.1 Å².